The van der Waals surface area contributed by atoms with Gasteiger partial charge in [0.25, 0.3) is 5.69 Å². The number of nitro benzene ring substituents is 1. The van der Waals surface area contributed by atoms with Gasteiger partial charge < -0.3 is 4.74 Å². The first-order valence-electron chi connectivity index (χ1n) is 6.74. The van der Waals surface area contributed by atoms with Gasteiger partial charge in [-0.25, -0.2) is 5.01 Å². The third-order valence-electron chi connectivity index (χ3n) is 3.54. The molecule has 3 rings (SSSR count). The van der Waals surface area contributed by atoms with Crippen molar-refractivity contribution in [1.29, 1.82) is 0 Å². The predicted octanol–water partition coefficient (Wildman–Crippen LogP) is 3.53. The molecule has 1 aliphatic heterocycles. The molecule has 1 heterocycles. The van der Waals surface area contributed by atoms with E-state index in [1.54, 1.807) is 30.3 Å². The molecule has 0 amide bonds. The Kier molecular flexibility index (Phi) is 3.69. The number of methoxy groups -OCH3 is 1. The Bertz CT molecular complexity index is 715. The van der Waals surface area contributed by atoms with E-state index in [9.17, 15) is 10.1 Å². The summed E-state index contributed by atoms with van der Waals surface area (Å²) < 4.78 is 5.13. The second-order valence-electron chi connectivity index (χ2n) is 4.79. The molecule has 22 heavy (non-hydrogen) atoms. The Labute approximate surface area is 127 Å². The molecular weight excluding hydrogens is 284 g/mol. The van der Waals surface area contributed by atoms with E-state index in [1.807, 2.05) is 24.3 Å². The van der Waals surface area contributed by atoms with Crippen molar-refractivity contribution in [3.63, 3.8) is 0 Å². The van der Waals surface area contributed by atoms with Crippen LogP contribution >= 0.6 is 0 Å². The minimum Gasteiger partial charge on any atom is -0.497 e. The van der Waals surface area contributed by atoms with Crippen LogP contribution in [0.15, 0.2) is 58.9 Å². The van der Waals surface area contributed by atoms with E-state index in [2.05, 4.69) is 10.3 Å². The lowest BCUT2D eigenvalue weighted by Gasteiger charge is -2.22. The number of para-hydroxylation sites is 1. The highest BCUT2D eigenvalue weighted by molar-refractivity contribution is 5.54. The van der Waals surface area contributed by atoms with Gasteiger partial charge in [-0.05, 0) is 30.3 Å². The quantitative estimate of drug-likeness (QED) is 0.638. The summed E-state index contributed by atoms with van der Waals surface area (Å²) in [5, 5.41) is 21.1. The highest BCUT2D eigenvalue weighted by Crippen LogP contribution is 2.36. The van der Waals surface area contributed by atoms with Crippen molar-refractivity contribution in [1.82, 2.24) is 0 Å². The third kappa shape index (κ3) is 2.48. The van der Waals surface area contributed by atoms with E-state index in [0.717, 1.165) is 11.4 Å². The van der Waals surface area contributed by atoms with Crippen LogP contribution in [-0.4, -0.2) is 18.6 Å². The summed E-state index contributed by atoms with van der Waals surface area (Å²) in [5.41, 5.74) is 1.50. The van der Waals surface area contributed by atoms with Crippen molar-refractivity contribution in [3.8, 4) is 5.75 Å². The van der Waals surface area contributed by atoms with Crippen LogP contribution < -0.4 is 9.75 Å². The van der Waals surface area contributed by atoms with Crippen LogP contribution in [0.1, 0.15) is 11.6 Å². The molecule has 0 bridgehead atoms. The summed E-state index contributed by atoms with van der Waals surface area (Å²) in [5.74, 6) is 0.738. The van der Waals surface area contributed by atoms with Gasteiger partial charge in [-0.3, -0.25) is 10.1 Å². The Balaban J connectivity index is 1.96. The van der Waals surface area contributed by atoms with E-state index < -0.39 is 0 Å². The number of nitro groups is 1. The summed E-state index contributed by atoms with van der Waals surface area (Å²) in [4.78, 5) is 10.8. The van der Waals surface area contributed by atoms with Gasteiger partial charge >= 0.3 is 0 Å². The fourth-order valence-electron chi connectivity index (χ4n) is 2.45. The number of nitrogens with zero attached hydrogens (tertiary/aromatic N) is 4. The highest BCUT2D eigenvalue weighted by atomic mass is 16.6. The Morgan fingerprint density at radius 2 is 1.95 bits per heavy atom. The molecule has 0 saturated heterocycles. The minimum absolute atomic E-state index is 0.0818. The molecule has 0 fully saturated rings. The number of ether oxygens (including phenoxy) is 1. The first-order valence-corrected chi connectivity index (χ1v) is 6.74. The van der Waals surface area contributed by atoms with Crippen molar-refractivity contribution in [2.75, 3.05) is 18.7 Å². The van der Waals surface area contributed by atoms with Crippen molar-refractivity contribution in [2.24, 2.45) is 10.3 Å². The second-order valence-corrected chi connectivity index (χ2v) is 4.79. The van der Waals surface area contributed by atoms with Gasteiger partial charge in [0.2, 0.25) is 0 Å². The van der Waals surface area contributed by atoms with Crippen LogP contribution in [0.5, 0.6) is 5.75 Å². The van der Waals surface area contributed by atoms with E-state index in [1.165, 1.54) is 6.07 Å². The van der Waals surface area contributed by atoms with Gasteiger partial charge in [0, 0.05) is 6.07 Å². The molecule has 112 valence electrons. The Morgan fingerprint density at radius 3 is 2.64 bits per heavy atom. The Hall–Kier alpha value is -2.96. The van der Waals surface area contributed by atoms with Crippen LogP contribution in [0.4, 0.5) is 11.4 Å². The molecule has 0 radical (unpaired) electrons. The maximum Gasteiger partial charge on any atom is 0.274 e. The van der Waals surface area contributed by atoms with Crippen LogP contribution in [0.2, 0.25) is 0 Å². The fraction of sp³-hybridized carbons (Fsp3) is 0.200. The van der Waals surface area contributed by atoms with Crippen molar-refractivity contribution < 1.29 is 9.66 Å². The van der Waals surface area contributed by atoms with Crippen LogP contribution in [0.25, 0.3) is 0 Å². The number of hydrogen-bond donors (Lipinski definition) is 0. The Morgan fingerprint density at radius 1 is 1.23 bits per heavy atom. The highest BCUT2D eigenvalue weighted by Gasteiger charge is 2.30. The molecular formula is C15H14N4O3. The largest absolute Gasteiger partial charge is 0.497 e. The summed E-state index contributed by atoms with van der Waals surface area (Å²) in [6, 6.07) is 13.7. The van der Waals surface area contributed by atoms with Gasteiger partial charge in [-0.15, -0.1) is 0 Å². The first-order chi connectivity index (χ1) is 10.7. The lowest BCUT2D eigenvalue weighted by atomic mass is 10.0. The maximum absolute atomic E-state index is 11.2. The molecule has 0 N–H and O–H groups in total. The molecule has 0 aliphatic carbocycles. The van der Waals surface area contributed by atoms with Crippen LogP contribution in [0.3, 0.4) is 0 Å². The average Bonchev–Trinajstić information content (AvgIpc) is 3.04. The standard InChI is InChI=1S/C15H14N4O3/c1-22-12-8-6-11(7-9-12)18-15(10-16-17-18)13-4-2-3-5-14(13)19(20)21/h2-9,15H,10H2,1H3/t15-/m0/s1. The van der Waals surface area contributed by atoms with Gasteiger partial charge in [0.05, 0.1) is 29.8 Å². The smallest absolute Gasteiger partial charge is 0.274 e. The van der Waals surface area contributed by atoms with Crippen molar-refractivity contribution >= 4 is 11.4 Å². The molecule has 7 heteroatoms. The molecule has 2 aromatic rings. The number of rotatable bonds is 4. The molecule has 1 aliphatic rings. The van der Waals surface area contributed by atoms with Crippen molar-refractivity contribution in [2.45, 2.75) is 6.04 Å². The molecule has 7 nitrogen and oxygen atoms in total. The topological polar surface area (TPSA) is 80.3 Å². The zero-order valence-electron chi connectivity index (χ0n) is 11.9. The normalized spacial score (nSPS) is 16.8. The summed E-state index contributed by atoms with van der Waals surface area (Å²) in [6.07, 6.45) is 0. The number of hydrogen-bond acceptors (Lipinski definition) is 6. The van der Waals surface area contributed by atoms with E-state index in [0.29, 0.717) is 12.1 Å². The average molecular weight is 298 g/mol. The van der Waals surface area contributed by atoms with Crippen LogP contribution in [0, 0.1) is 10.1 Å². The zero-order chi connectivity index (χ0) is 15.5. The summed E-state index contributed by atoms with van der Waals surface area (Å²) in [7, 11) is 1.60. The van der Waals surface area contributed by atoms with Gasteiger partial charge in [0.1, 0.15) is 11.8 Å². The molecule has 1 atom stereocenters. The zero-order valence-corrected chi connectivity index (χ0v) is 11.9. The fourth-order valence-corrected chi connectivity index (χ4v) is 2.45. The predicted molar refractivity (Wildman–Crippen MR) is 81.0 cm³/mol. The molecule has 0 spiro atoms. The van der Waals surface area contributed by atoms with Crippen molar-refractivity contribution in [3.05, 3.63) is 64.2 Å². The maximum atomic E-state index is 11.2. The number of anilines is 1. The molecule has 0 aromatic heterocycles. The van der Waals surface area contributed by atoms with Gasteiger partial charge in [0.15, 0.2) is 0 Å². The monoisotopic (exact) mass is 298 g/mol. The molecule has 2 aromatic carbocycles. The summed E-state index contributed by atoms with van der Waals surface area (Å²) in [6.45, 7) is 0.386. The van der Waals surface area contributed by atoms with Crippen LogP contribution in [-0.2, 0) is 0 Å². The lowest BCUT2D eigenvalue weighted by Crippen LogP contribution is -2.21. The van der Waals surface area contributed by atoms with E-state index in [-0.39, 0.29) is 16.7 Å². The van der Waals surface area contributed by atoms with Gasteiger partial charge in [-0.2, -0.15) is 5.11 Å². The first kappa shape index (κ1) is 14.0. The van der Waals surface area contributed by atoms with E-state index >= 15 is 0 Å². The third-order valence-corrected chi connectivity index (χ3v) is 3.54. The SMILES string of the molecule is COc1ccc(N2N=NC[C@H]2c2ccccc2[N+](=O)[O-])cc1. The van der Waals surface area contributed by atoms with E-state index in [4.69, 9.17) is 4.74 Å². The van der Waals surface area contributed by atoms with Gasteiger partial charge in [-0.1, -0.05) is 17.4 Å². The molecule has 0 saturated carbocycles. The number of benzene rings is 2. The minimum atomic E-state index is -0.375. The summed E-state index contributed by atoms with van der Waals surface area (Å²) >= 11 is 0. The lowest BCUT2D eigenvalue weighted by molar-refractivity contribution is -0.385. The second kappa shape index (κ2) is 5.80. The molecule has 0 unspecified atom stereocenters.